The summed E-state index contributed by atoms with van der Waals surface area (Å²) in [5.74, 6) is 0.490. The van der Waals surface area contributed by atoms with E-state index in [0.717, 1.165) is 0 Å². The van der Waals surface area contributed by atoms with Gasteiger partial charge in [-0.05, 0) is 26.0 Å². The van der Waals surface area contributed by atoms with Crippen molar-refractivity contribution >= 4 is 15.7 Å². The number of hydrogen-bond donors (Lipinski definition) is 2. The van der Waals surface area contributed by atoms with E-state index in [2.05, 4.69) is 14.9 Å². The molecule has 1 heterocycles. The summed E-state index contributed by atoms with van der Waals surface area (Å²) >= 11 is 0. The van der Waals surface area contributed by atoms with Crippen LogP contribution in [-0.2, 0) is 10.0 Å². The minimum absolute atomic E-state index is 0.0421. The average molecular weight is 281 g/mol. The first-order valence-corrected chi connectivity index (χ1v) is 7.24. The molecule has 0 saturated heterocycles. The largest absolute Gasteiger partial charge is 0.489 e. The van der Waals surface area contributed by atoms with Crippen LogP contribution in [0, 0.1) is 0 Å². The number of para-hydroxylation sites is 2. The van der Waals surface area contributed by atoms with Crippen molar-refractivity contribution < 1.29 is 13.2 Å². The van der Waals surface area contributed by atoms with Gasteiger partial charge in [0, 0.05) is 6.20 Å². The highest BCUT2D eigenvalue weighted by Crippen LogP contribution is 2.27. The molecule has 0 amide bonds. The summed E-state index contributed by atoms with van der Waals surface area (Å²) in [7, 11) is -3.65. The first-order chi connectivity index (χ1) is 8.99. The van der Waals surface area contributed by atoms with Crippen LogP contribution in [0.2, 0.25) is 0 Å². The molecule has 1 aromatic carbocycles. The Bertz CT molecular complexity index is 636. The van der Waals surface area contributed by atoms with Crippen molar-refractivity contribution in [3.63, 3.8) is 0 Å². The molecule has 0 saturated carbocycles. The van der Waals surface area contributed by atoms with E-state index in [1.54, 1.807) is 24.3 Å². The summed E-state index contributed by atoms with van der Waals surface area (Å²) in [4.78, 5) is 0.0758. The van der Waals surface area contributed by atoms with Gasteiger partial charge in [0.05, 0.1) is 18.0 Å². The molecule has 2 rings (SSSR count). The lowest BCUT2D eigenvalue weighted by Gasteiger charge is -2.15. The first-order valence-electron chi connectivity index (χ1n) is 5.76. The molecule has 102 valence electrons. The number of hydrogen-bond acceptors (Lipinski definition) is 4. The maximum atomic E-state index is 12.1. The van der Waals surface area contributed by atoms with Crippen molar-refractivity contribution in [3.8, 4) is 5.75 Å². The molecule has 0 bridgehead atoms. The fourth-order valence-corrected chi connectivity index (χ4v) is 2.47. The molecule has 0 aliphatic heterocycles. The Morgan fingerprint density at radius 2 is 2.05 bits per heavy atom. The number of nitrogens with zero attached hydrogens (tertiary/aromatic N) is 1. The number of H-pyrrole nitrogens is 1. The summed E-state index contributed by atoms with van der Waals surface area (Å²) < 4.78 is 32.2. The SMILES string of the molecule is CC(C)Oc1ccccc1NS(=O)(=O)c1cn[nH]c1. The highest BCUT2D eigenvalue weighted by Gasteiger charge is 2.17. The van der Waals surface area contributed by atoms with Gasteiger partial charge in [0.15, 0.2) is 0 Å². The molecule has 0 aliphatic carbocycles. The molecule has 0 spiro atoms. The van der Waals surface area contributed by atoms with E-state index in [1.165, 1.54) is 12.4 Å². The second kappa shape index (κ2) is 5.31. The third-order valence-corrected chi connectivity index (χ3v) is 3.61. The molecule has 0 radical (unpaired) electrons. The van der Waals surface area contributed by atoms with Crippen LogP contribution in [0.5, 0.6) is 5.75 Å². The number of rotatable bonds is 5. The van der Waals surface area contributed by atoms with Crippen molar-refractivity contribution in [2.24, 2.45) is 0 Å². The van der Waals surface area contributed by atoms with Crippen molar-refractivity contribution in [2.45, 2.75) is 24.8 Å². The Hall–Kier alpha value is -2.02. The maximum absolute atomic E-state index is 12.1. The van der Waals surface area contributed by atoms with E-state index < -0.39 is 10.0 Å². The van der Waals surface area contributed by atoms with E-state index in [-0.39, 0.29) is 11.0 Å². The summed E-state index contributed by atoms with van der Waals surface area (Å²) in [6.07, 6.45) is 2.52. The van der Waals surface area contributed by atoms with Gasteiger partial charge in [0.25, 0.3) is 10.0 Å². The normalized spacial score (nSPS) is 11.5. The molecule has 0 unspecified atom stereocenters. The lowest BCUT2D eigenvalue weighted by atomic mass is 10.3. The summed E-state index contributed by atoms with van der Waals surface area (Å²) in [6, 6.07) is 6.89. The van der Waals surface area contributed by atoms with Crippen LogP contribution in [0.4, 0.5) is 5.69 Å². The van der Waals surface area contributed by atoms with Gasteiger partial charge in [-0.2, -0.15) is 5.10 Å². The van der Waals surface area contributed by atoms with Gasteiger partial charge < -0.3 is 4.74 Å². The second-order valence-electron chi connectivity index (χ2n) is 4.20. The lowest BCUT2D eigenvalue weighted by Crippen LogP contribution is -2.14. The molecular formula is C12H15N3O3S. The quantitative estimate of drug-likeness (QED) is 0.878. The smallest absolute Gasteiger partial charge is 0.265 e. The van der Waals surface area contributed by atoms with Crippen molar-refractivity contribution in [2.75, 3.05) is 4.72 Å². The second-order valence-corrected chi connectivity index (χ2v) is 5.88. The molecule has 6 nitrogen and oxygen atoms in total. The predicted molar refractivity (Wildman–Crippen MR) is 71.6 cm³/mol. The maximum Gasteiger partial charge on any atom is 0.265 e. The number of sulfonamides is 1. The zero-order chi connectivity index (χ0) is 13.9. The van der Waals surface area contributed by atoms with E-state index >= 15 is 0 Å². The van der Waals surface area contributed by atoms with Crippen LogP contribution in [0.15, 0.2) is 41.6 Å². The number of aromatic nitrogens is 2. The number of nitrogens with one attached hydrogen (secondary N) is 2. The van der Waals surface area contributed by atoms with Crippen molar-refractivity contribution in [1.82, 2.24) is 10.2 Å². The molecule has 0 fully saturated rings. The highest BCUT2D eigenvalue weighted by atomic mass is 32.2. The molecule has 19 heavy (non-hydrogen) atoms. The van der Waals surface area contributed by atoms with Crippen molar-refractivity contribution in [1.29, 1.82) is 0 Å². The summed E-state index contributed by atoms with van der Waals surface area (Å²) in [6.45, 7) is 3.75. The minimum Gasteiger partial charge on any atom is -0.489 e. The predicted octanol–water partition coefficient (Wildman–Crippen LogP) is 2.00. The Kier molecular flexibility index (Phi) is 3.75. The molecule has 0 aliphatic rings. The Labute approximate surface area is 111 Å². The van der Waals surface area contributed by atoms with Gasteiger partial charge in [0.1, 0.15) is 10.6 Å². The van der Waals surface area contributed by atoms with Crippen LogP contribution in [-0.4, -0.2) is 24.7 Å². The molecule has 7 heteroatoms. The Balaban J connectivity index is 2.29. The Morgan fingerprint density at radius 3 is 2.68 bits per heavy atom. The van der Waals surface area contributed by atoms with Gasteiger partial charge in [0.2, 0.25) is 0 Å². The number of anilines is 1. The van der Waals surface area contributed by atoms with Gasteiger partial charge in [-0.25, -0.2) is 8.42 Å². The zero-order valence-corrected chi connectivity index (χ0v) is 11.4. The van der Waals surface area contributed by atoms with E-state index in [1.807, 2.05) is 13.8 Å². The summed E-state index contributed by atoms with van der Waals surface area (Å²) in [5, 5.41) is 6.09. The fourth-order valence-electron chi connectivity index (χ4n) is 1.50. The standard InChI is InChI=1S/C12H15N3O3S/c1-9(2)18-12-6-4-3-5-11(12)15-19(16,17)10-7-13-14-8-10/h3-9,15H,1-2H3,(H,13,14). The van der Waals surface area contributed by atoms with Crippen LogP contribution >= 0.6 is 0 Å². The highest BCUT2D eigenvalue weighted by molar-refractivity contribution is 7.92. The van der Waals surface area contributed by atoms with Crippen LogP contribution < -0.4 is 9.46 Å². The van der Waals surface area contributed by atoms with Crippen molar-refractivity contribution in [3.05, 3.63) is 36.7 Å². The van der Waals surface area contributed by atoms with Gasteiger partial charge in [-0.15, -0.1) is 0 Å². The van der Waals surface area contributed by atoms with Crippen LogP contribution in [0.1, 0.15) is 13.8 Å². The number of benzene rings is 1. The summed E-state index contributed by atoms with van der Waals surface area (Å²) in [5.41, 5.74) is 0.400. The topological polar surface area (TPSA) is 84.1 Å². The first kappa shape index (κ1) is 13.4. The van der Waals surface area contributed by atoms with Gasteiger partial charge in [-0.1, -0.05) is 12.1 Å². The molecular weight excluding hydrogens is 266 g/mol. The molecule has 2 N–H and O–H groups in total. The molecule has 0 atom stereocenters. The minimum atomic E-state index is -3.65. The number of aromatic amines is 1. The molecule has 2 aromatic rings. The monoisotopic (exact) mass is 281 g/mol. The van der Waals surface area contributed by atoms with Gasteiger partial charge >= 0.3 is 0 Å². The lowest BCUT2D eigenvalue weighted by molar-refractivity contribution is 0.244. The Morgan fingerprint density at radius 1 is 1.32 bits per heavy atom. The zero-order valence-electron chi connectivity index (χ0n) is 10.6. The average Bonchev–Trinajstić information content (AvgIpc) is 2.85. The van der Waals surface area contributed by atoms with E-state index in [4.69, 9.17) is 4.74 Å². The third-order valence-electron chi connectivity index (χ3n) is 2.28. The van der Waals surface area contributed by atoms with Crippen LogP contribution in [0.3, 0.4) is 0 Å². The van der Waals surface area contributed by atoms with E-state index in [9.17, 15) is 8.42 Å². The van der Waals surface area contributed by atoms with Gasteiger partial charge in [-0.3, -0.25) is 9.82 Å². The van der Waals surface area contributed by atoms with E-state index in [0.29, 0.717) is 11.4 Å². The number of ether oxygens (including phenoxy) is 1. The molecule has 1 aromatic heterocycles. The third kappa shape index (κ3) is 3.25. The fraction of sp³-hybridized carbons (Fsp3) is 0.250. The van der Waals surface area contributed by atoms with Crippen LogP contribution in [0.25, 0.3) is 0 Å².